The zero-order valence-electron chi connectivity index (χ0n) is 23.1. The molecular weight excluding hydrogens is 533 g/mol. The van der Waals surface area contributed by atoms with E-state index in [1.54, 1.807) is 12.1 Å². The zero-order chi connectivity index (χ0) is 29.0. The lowest BCUT2D eigenvalue weighted by Gasteiger charge is -2.32. The number of nitrogens with two attached hydrogens (primary N) is 1. The molecule has 2 fully saturated rings. The largest absolute Gasteiger partial charge is 0.438 e. The number of hydrogen-bond acceptors (Lipinski definition) is 7. The average molecular weight is 569 g/mol. The van der Waals surface area contributed by atoms with Gasteiger partial charge >= 0.3 is 6.18 Å². The van der Waals surface area contributed by atoms with Gasteiger partial charge in [-0.3, -0.25) is 4.79 Å². The number of nitrogens with zero attached hydrogens (tertiary/aromatic N) is 5. The number of piperidine rings is 1. The molecule has 1 amide bonds. The van der Waals surface area contributed by atoms with E-state index in [-0.39, 0.29) is 17.7 Å². The number of rotatable bonds is 6. The van der Waals surface area contributed by atoms with Crippen LogP contribution in [0.1, 0.15) is 53.7 Å². The van der Waals surface area contributed by atoms with Crippen LogP contribution in [-0.2, 0) is 6.18 Å². The van der Waals surface area contributed by atoms with E-state index in [0.29, 0.717) is 30.1 Å². The predicted octanol–water partition coefficient (Wildman–Crippen LogP) is 5.42. The summed E-state index contributed by atoms with van der Waals surface area (Å²) >= 11 is 0. The monoisotopic (exact) mass is 568 g/mol. The minimum atomic E-state index is -4.55. The Kier molecular flexibility index (Phi) is 8.63. The van der Waals surface area contributed by atoms with Gasteiger partial charge in [0.05, 0.1) is 11.4 Å². The summed E-state index contributed by atoms with van der Waals surface area (Å²) in [6.07, 6.45) is -1.81. The molecule has 0 unspecified atom stereocenters. The van der Waals surface area contributed by atoms with Crippen molar-refractivity contribution >= 4 is 17.3 Å². The van der Waals surface area contributed by atoms with Crippen LogP contribution in [0.3, 0.4) is 0 Å². The molecule has 2 aromatic carbocycles. The molecule has 0 atom stereocenters. The maximum absolute atomic E-state index is 13.3. The second kappa shape index (κ2) is 12.3. The van der Waals surface area contributed by atoms with Crippen molar-refractivity contribution in [3.63, 3.8) is 0 Å². The van der Waals surface area contributed by atoms with Crippen molar-refractivity contribution in [1.29, 1.82) is 0 Å². The lowest BCUT2D eigenvalue weighted by Crippen LogP contribution is -2.38. The lowest BCUT2D eigenvalue weighted by atomic mass is 9.89. The smallest absolute Gasteiger partial charge is 0.435 e. The summed E-state index contributed by atoms with van der Waals surface area (Å²) in [4.78, 5) is 19.9. The SMILES string of the molecule is CCN1CCCN(c2ccc(C(=O)N3CCC(c4ccc(Oc5ccc(C(F)(F)F)nn5)cc4)CC3)cc2N)CC1. The van der Waals surface area contributed by atoms with Crippen molar-refractivity contribution < 1.29 is 22.7 Å². The van der Waals surface area contributed by atoms with Crippen LogP contribution in [0.2, 0.25) is 0 Å². The van der Waals surface area contributed by atoms with Crippen molar-refractivity contribution in [2.75, 3.05) is 56.4 Å². The number of carbonyl (C=O) groups excluding carboxylic acids is 1. The second-order valence-electron chi connectivity index (χ2n) is 10.5. The van der Waals surface area contributed by atoms with Gasteiger partial charge in [0.15, 0.2) is 5.69 Å². The summed E-state index contributed by atoms with van der Waals surface area (Å²) < 4.78 is 43.6. The third-order valence-electron chi connectivity index (χ3n) is 7.94. The Labute approximate surface area is 237 Å². The van der Waals surface area contributed by atoms with E-state index < -0.39 is 11.9 Å². The van der Waals surface area contributed by atoms with Gasteiger partial charge in [-0.15, -0.1) is 10.2 Å². The number of benzene rings is 2. The van der Waals surface area contributed by atoms with Crippen molar-refractivity contribution in [2.45, 2.75) is 38.3 Å². The van der Waals surface area contributed by atoms with Crippen LogP contribution in [0.5, 0.6) is 11.6 Å². The molecule has 3 heterocycles. The van der Waals surface area contributed by atoms with Crippen molar-refractivity contribution in [3.05, 3.63) is 71.4 Å². The molecule has 2 aliphatic rings. The Morgan fingerprint density at radius 2 is 1.71 bits per heavy atom. The quantitative estimate of drug-likeness (QED) is 0.397. The molecule has 5 rings (SSSR count). The van der Waals surface area contributed by atoms with Gasteiger partial charge in [0.2, 0.25) is 5.88 Å². The van der Waals surface area contributed by atoms with Gasteiger partial charge in [-0.2, -0.15) is 13.2 Å². The first-order chi connectivity index (χ1) is 19.7. The van der Waals surface area contributed by atoms with E-state index in [1.807, 2.05) is 35.2 Å². The van der Waals surface area contributed by atoms with Gasteiger partial charge < -0.3 is 25.2 Å². The molecule has 218 valence electrons. The molecule has 11 heteroatoms. The number of anilines is 2. The minimum absolute atomic E-state index is 0.00359. The third-order valence-corrected chi connectivity index (χ3v) is 7.94. The molecule has 3 aromatic rings. The topological polar surface area (TPSA) is 87.8 Å². The fourth-order valence-electron chi connectivity index (χ4n) is 5.56. The van der Waals surface area contributed by atoms with Crippen LogP contribution in [0.25, 0.3) is 0 Å². The maximum Gasteiger partial charge on any atom is 0.435 e. The highest BCUT2D eigenvalue weighted by Gasteiger charge is 2.33. The Morgan fingerprint density at radius 1 is 0.951 bits per heavy atom. The van der Waals surface area contributed by atoms with E-state index in [2.05, 4.69) is 26.9 Å². The standard InChI is InChI=1S/C30H35F3N6O2/c1-2-37-14-3-15-38(19-18-37)26-9-6-23(20-25(26)34)29(40)39-16-12-22(13-17-39)21-4-7-24(8-5-21)41-28-11-10-27(35-36-28)30(31,32)33/h4-11,20,22H,2-3,12-19,34H2,1H3. The van der Waals surface area contributed by atoms with Crippen LogP contribution in [-0.4, -0.2) is 71.7 Å². The molecule has 1 aromatic heterocycles. The van der Waals surface area contributed by atoms with E-state index in [1.165, 1.54) is 0 Å². The number of alkyl halides is 3. The highest BCUT2D eigenvalue weighted by atomic mass is 19.4. The number of halogens is 3. The van der Waals surface area contributed by atoms with Gasteiger partial charge in [-0.1, -0.05) is 19.1 Å². The Hall–Kier alpha value is -3.86. The molecule has 0 aliphatic carbocycles. The Balaban J connectivity index is 1.14. The Bertz CT molecular complexity index is 1330. The molecule has 2 aliphatic heterocycles. The number of aromatic nitrogens is 2. The number of nitrogen functional groups attached to an aromatic ring is 1. The van der Waals surface area contributed by atoms with E-state index in [0.717, 1.165) is 75.4 Å². The van der Waals surface area contributed by atoms with E-state index >= 15 is 0 Å². The first-order valence-electron chi connectivity index (χ1n) is 14.1. The van der Waals surface area contributed by atoms with E-state index in [4.69, 9.17) is 10.5 Å². The second-order valence-corrected chi connectivity index (χ2v) is 10.5. The highest BCUT2D eigenvalue weighted by molar-refractivity contribution is 5.96. The number of amides is 1. The predicted molar refractivity (Wildman–Crippen MR) is 151 cm³/mol. The number of ether oxygens (including phenoxy) is 1. The molecular formula is C30H35F3N6O2. The molecule has 0 spiro atoms. The summed E-state index contributed by atoms with van der Waals surface area (Å²) in [5.41, 5.74) is 8.73. The van der Waals surface area contributed by atoms with Crippen LogP contribution >= 0.6 is 0 Å². The summed E-state index contributed by atoms with van der Waals surface area (Å²) in [6, 6.07) is 15.1. The lowest BCUT2D eigenvalue weighted by molar-refractivity contribution is -0.141. The number of likely N-dealkylation sites (tertiary alicyclic amines) is 1. The first kappa shape index (κ1) is 28.7. The van der Waals surface area contributed by atoms with Crippen molar-refractivity contribution in [2.24, 2.45) is 0 Å². The molecule has 8 nitrogen and oxygen atoms in total. The Morgan fingerprint density at radius 3 is 2.34 bits per heavy atom. The summed E-state index contributed by atoms with van der Waals surface area (Å²) in [6.45, 7) is 8.50. The summed E-state index contributed by atoms with van der Waals surface area (Å²) in [5, 5.41) is 6.68. The van der Waals surface area contributed by atoms with E-state index in [9.17, 15) is 18.0 Å². The van der Waals surface area contributed by atoms with Gasteiger partial charge in [0.1, 0.15) is 5.75 Å². The summed E-state index contributed by atoms with van der Waals surface area (Å²) in [5.74, 6) is 0.730. The summed E-state index contributed by atoms with van der Waals surface area (Å²) in [7, 11) is 0. The number of carbonyl (C=O) groups is 1. The van der Waals surface area contributed by atoms with Gasteiger partial charge in [0.25, 0.3) is 5.91 Å². The fraction of sp³-hybridized carbons (Fsp3) is 0.433. The van der Waals surface area contributed by atoms with Gasteiger partial charge in [0, 0.05) is 44.4 Å². The molecule has 0 radical (unpaired) electrons. The molecule has 2 saturated heterocycles. The van der Waals surface area contributed by atoms with Crippen molar-refractivity contribution in [1.82, 2.24) is 20.0 Å². The van der Waals surface area contributed by atoms with Crippen molar-refractivity contribution in [3.8, 4) is 11.6 Å². The fourth-order valence-corrected chi connectivity index (χ4v) is 5.56. The highest BCUT2D eigenvalue weighted by Crippen LogP contribution is 2.32. The molecule has 2 N–H and O–H groups in total. The van der Waals surface area contributed by atoms with Crippen LogP contribution in [0.15, 0.2) is 54.6 Å². The average Bonchev–Trinajstić information content (AvgIpc) is 3.23. The first-order valence-corrected chi connectivity index (χ1v) is 14.1. The zero-order valence-corrected chi connectivity index (χ0v) is 23.1. The molecule has 0 bridgehead atoms. The van der Waals surface area contributed by atoms with Gasteiger partial charge in [-0.25, -0.2) is 0 Å². The van der Waals surface area contributed by atoms with Crippen LogP contribution in [0, 0.1) is 0 Å². The van der Waals surface area contributed by atoms with Gasteiger partial charge in [-0.05, 0) is 80.2 Å². The van der Waals surface area contributed by atoms with Crippen LogP contribution < -0.4 is 15.4 Å². The molecule has 0 saturated carbocycles. The third kappa shape index (κ3) is 6.90. The van der Waals surface area contributed by atoms with Crippen LogP contribution in [0.4, 0.5) is 24.5 Å². The maximum atomic E-state index is 13.3. The number of hydrogen-bond donors (Lipinski definition) is 1. The number of likely N-dealkylation sites (N-methyl/N-ethyl adjacent to an activating group) is 1. The minimum Gasteiger partial charge on any atom is -0.438 e. The molecule has 41 heavy (non-hydrogen) atoms. The normalized spacial score (nSPS) is 17.4.